The Bertz CT molecular complexity index is 169. The Balaban J connectivity index is 2.13. The van der Waals surface area contributed by atoms with Crippen LogP contribution in [0, 0.1) is 5.92 Å². The summed E-state index contributed by atoms with van der Waals surface area (Å²) in [4.78, 5) is 13.5. The Labute approximate surface area is 87.7 Å². The van der Waals surface area contributed by atoms with Crippen LogP contribution in [0.25, 0.3) is 0 Å². The number of nitrogens with zero attached hydrogens (tertiary/aromatic N) is 1. The zero-order chi connectivity index (χ0) is 10.4. The highest BCUT2D eigenvalue weighted by atomic mass is 16.1. The van der Waals surface area contributed by atoms with E-state index in [1.54, 1.807) is 0 Å². The minimum atomic E-state index is 0.470. The summed E-state index contributed by atoms with van der Waals surface area (Å²) < 4.78 is 0. The van der Waals surface area contributed by atoms with Gasteiger partial charge < -0.3 is 4.90 Å². The maximum Gasteiger partial charge on any atom is 0.132 e. The first-order valence-electron chi connectivity index (χ1n) is 5.92. The van der Waals surface area contributed by atoms with Crippen molar-refractivity contribution in [1.82, 2.24) is 4.90 Å². The summed E-state index contributed by atoms with van der Waals surface area (Å²) >= 11 is 0. The molecule has 0 N–H and O–H groups in total. The van der Waals surface area contributed by atoms with Crippen LogP contribution >= 0.6 is 0 Å². The molecule has 0 atom stereocenters. The van der Waals surface area contributed by atoms with Crippen molar-refractivity contribution in [2.45, 2.75) is 45.4 Å². The zero-order valence-corrected chi connectivity index (χ0v) is 9.59. The molecule has 0 aromatic heterocycles. The van der Waals surface area contributed by atoms with Crippen LogP contribution in [0.1, 0.15) is 45.4 Å². The smallest absolute Gasteiger partial charge is 0.132 e. The Kier molecular flexibility index (Phi) is 5.16. The fourth-order valence-electron chi connectivity index (χ4n) is 2.14. The van der Waals surface area contributed by atoms with Gasteiger partial charge in [0.25, 0.3) is 0 Å². The van der Waals surface area contributed by atoms with E-state index in [0.717, 1.165) is 31.6 Å². The Morgan fingerprint density at radius 2 is 2.00 bits per heavy atom. The number of hydrogen-bond acceptors (Lipinski definition) is 2. The highest BCUT2D eigenvalue weighted by Gasteiger charge is 2.19. The third-order valence-corrected chi connectivity index (χ3v) is 3.13. The highest BCUT2D eigenvalue weighted by molar-refractivity contribution is 5.79. The van der Waals surface area contributed by atoms with E-state index in [4.69, 9.17) is 0 Å². The first kappa shape index (κ1) is 11.7. The fraction of sp³-hybridized carbons (Fsp3) is 0.917. The van der Waals surface area contributed by atoms with Crippen LogP contribution in [0.3, 0.4) is 0 Å². The molecule has 0 aromatic carbocycles. The molecule has 1 aliphatic carbocycles. The predicted octanol–water partition coefficient (Wildman–Crippen LogP) is 2.48. The van der Waals surface area contributed by atoms with Gasteiger partial charge in [0.2, 0.25) is 0 Å². The van der Waals surface area contributed by atoms with Gasteiger partial charge in [0.05, 0.1) is 0 Å². The molecule has 2 heteroatoms. The lowest BCUT2D eigenvalue weighted by Gasteiger charge is -2.26. The molecule has 1 aliphatic rings. The lowest BCUT2D eigenvalue weighted by atomic mass is 9.88. The molecule has 0 heterocycles. The zero-order valence-electron chi connectivity index (χ0n) is 9.59. The molecule has 0 saturated heterocycles. The highest BCUT2D eigenvalue weighted by Crippen LogP contribution is 2.21. The van der Waals surface area contributed by atoms with Crippen LogP contribution in [0.2, 0.25) is 0 Å². The van der Waals surface area contributed by atoms with Gasteiger partial charge in [0, 0.05) is 19.4 Å². The Hall–Kier alpha value is -0.370. The summed E-state index contributed by atoms with van der Waals surface area (Å²) in [5.41, 5.74) is 0. The molecule has 0 aliphatic heterocycles. The molecule has 0 amide bonds. The minimum absolute atomic E-state index is 0.470. The van der Waals surface area contributed by atoms with E-state index in [1.165, 1.54) is 25.9 Å². The van der Waals surface area contributed by atoms with Crippen molar-refractivity contribution in [2.24, 2.45) is 5.92 Å². The summed E-state index contributed by atoms with van der Waals surface area (Å²) in [6.07, 6.45) is 6.46. The molecule has 0 bridgehead atoms. The van der Waals surface area contributed by atoms with Crippen molar-refractivity contribution in [2.75, 3.05) is 20.1 Å². The van der Waals surface area contributed by atoms with Gasteiger partial charge in [-0.05, 0) is 38.8 Å². The molecule has 0 spiro atoms. The van der Waals surface area contributed by atoms with Gasteiger partial charge in [0.15, 0.2) is 0 Å². The summed E-state index contributed by atoms with van der Waals surface area (Å²) in [5.74, 6) is 1.24. The number of Topliss-reactive ketones (excluding diaryl/α,β-unsaturated/α-hetero) is 1. The van der Waals surface area contributed by atoms with E-state index in [1.807, 2.05) is 0 Å². The van der Waals surface area contributed by atoms with Gasteiger partial charge in [-0.15, -0.1) is 0 Å². The molecule has 1 fully saturated rings. The third kappa shape index (κ3) is 4.23. The lowest BCUT2D eigenvalue weighted by Crippen LogP contribution is -2.29. The van der Waals surface area contributed by atoms with Crippen LogP contribution in [0.15, 0.2) is 0 Å². The summed E-state index contributed by atoms with van der Waals surface area (Å²) in [7, 11) is 2.20. The van der Waals surface area contributed by atoms with E-state index < -0.39 is 0 Å². The lowest BCUT2D eigenvalue weighted by molar-refractivity contribution is -0.121. The topological polar surface area (TPSA) is 20.3 Å². The number of unbranched alkanes of at least 4 members (excludes halogenated alkanes) is 1. The van der Waals surface area contributed by atoms with E-state index in [-0.39, 0.29) is 0 Å². The molecule has 2 nitrogen and oxygen atoms in total. The second kappa shape index (κ2) is 6.18. The third-order valence-electron chi connectivity index (χ3n) is 3.13. The molecule has 82 valence electrons. The predicted molar refractivity (Wildman–Crippen MR) is 59.4 cm³/mol. The van der Waals surface area contributed by atoms with Gasteiger partial charge in [-0.3, -0.25) is 4.79 Å². The first-order chi connectivity index (χ1) is 6.72. The van der Waals surface area contributed by atoms with E-state index in [2.05, 4.69) is 18.9 Å². The van der Waals surface area contributed by atoms with Crippen molar-refractivity contribution in [3.8, 4) is 0 Å². The number of carbonyl (C=O) groups is 1. The molecule has 0 aromatic rings. The minimum Gasteiger partial charge on any atom is -0.306 e. The molecule has 14 heavy (non-hydrogen) atoms. The van der Waals surface area contributed by atoms with Crippen molar-refractivity contribution in [3.63, 3.8) is 0 Å². The van der Waals surface area contributed by atoms with Gasteiger partial charge in [0.1, 0.15) is 5.78 Å². The van der Waals surface area contributed by atoms with Crippen molar-refractivity contribution in [3.05, 3.63) is 0 Å². The van der Waals surface area contributed by atoms with Crippen molar-refractivity contribution in [1.29, 1.82) is 0 Å². The van der Waals surface area contributed by atoms with Crippen LogP contribution in [0.4, 0.5) is 0 Å². The Morgan fingerprint density at radius 3 is 2.57 bits per heavy atom. The second-order valence-electron chi connectivity index (χ2n) is 4.60. The molecule has 1 rings (SSSR count). The fourth-order valence-corrected chi connectivity index (χ4v) is 2.14. The van der Waals surface area contributed by atoms with Crippen molar-refractivity contribution < 1.29 is 4.79 Å². The molecule has 0 radical (unpaired) electrons. The maximum absolute atomic E-state index is 11.1. The molecular weight excluding hydrogens is 174 g/mol. The summed E-state index contributed by atoms with van der Waals surface area (Å²) in [6.45, 7) is 4.63. The van der Waals surface area contributed by atoms with E-state index >= 15 is 0 Å². The average molecular weight is 197 g/mol. The summed E-state index contributed by atoms with van der Waals surface area (Å²) in [5, 5.41) is 0. The number of hydrogen-bond donors (Lipinski definition) is 0. The maximum atomic E-state index is 11.1. The largest absolute Gasteiger partial charge is 0.306 e. The van der Waals surface area contributed by atoms with Crippen LogP contribution in [-0.4, -0.2) is 30.8 Å². The average Bonchev–Trinajstić information content (AvgIpc) is 2.18. The number of carbonyl (C=O) groups excluding carboxylic acids is 1. The molecule has 0 unspecified atom stereocenters. The number of ketones is 1. The quantitative estimate of drug-likeness (QED) is 0.675. The second-order valence-corrected chi connectivity index (χ2v) is 4.60. The van der Waals surface area contributed by atoms with Gasteiger partial charge in [-0.1, -0.05) is 13.3 Å². The standard InChI is InChI=1S/C12H23NO/c1-3-4-9-13(2)10-11-5-7-12(14)8-6-11/h11H,3-10H2,1-2H3. The van der Waals surface area contributed by atoms with Gasteiger partial charge in [-0.25, -0.2) is 0 Å². The molecular formula is C12H23NO. The van der Waals surface area contributed by atoms with Gasteiger partial charge in [-0.2, -0.15) is 0 Å². The van der Waals surface area contributed by atoms with Crippen LogP contribution in [-0.2, 0) is 4.79 Å². The Morgan fingerprint density at radius 1 is 1.36 bits per heavy atom. The van der Waals surface area contributed by atoms with E-state index in [9.17, 15) is 4.79 Å². The van der Waals surface area contributed by atoms with Crippen LogP contribution < -0.4 is 0 Å². The normalized spacial score (nSPS) is 19.2. The van der Waals surface area contributed by atoms with Crippen LogP contribution in [0.5, 0.6) is 0 Å². The van der Waals surface area contributed by atoms with E-state index in [0.29, 0.717) is 5.78 Å². The number of rotatable bonds is 5. The SMILES string of the molecule is CCCCN(C)CC1CCC(=O)CC1. The monoisotopic (exact) mass is 197 g/mol. The first-order valence-corrected chi connectivity index (χ1v) is 5.92. The summed E-state index contributed by atoms with van der Waals surface area (Å²) in [6, 6.07) is 0. The molecule has 1 saturated carbocycles. The van der Waals surface area contributed by atoms with Crippen molar-refractivity contribution >= 4 is 5.78 Å². The van der Waals surface area contributed by atoms with Gasteiger partial charge >= 0.3 is 0 Å².